The van der Waals surface area contributed by atoms with E-state index in [-0.39, 0.29) is 11.7 Å². The molecule has 4 rings (SSSR count). The third-order valence-corrected chi connectivity index (χ3v) is 5.79. The van der Waals surface area contributed by atoms with Crippen LogP contribution in [0.5, 0.6) is 0 Å². The molecule has 0 unspecified atom stereocenters. The van der Waals surface area contributed by atoms with Gasteiger partial charge >= 0.3 is 0 Å². The zero-order chi connectivity index (χ0) is 21.1. The minimum absolute atomic E-state index is 0.321. The molecule has 2 aromatic heterocycles. The summed E-state index contributed by atoms with van der Waals surface area (Å²) in [6, 6.07) is 14.2. The summed E-state index contributed by atoms with van der Waals surface area (Å²) >= 11 is 1.28. The molecule has 2 aromatic carbocycles. The van der Waals surface area contributed by atoms with Crippen LogP contribution < -0.4 is 4.80 Å². The molecule has 0 aliphatic carbocycles. The third kappa shape index (κ3) is 3.96. The van der Waals surface area contributed by atoms with Crippen LogP contribution in [0.1, 0.15) is 23.0 Å². The van der Waals surface area contributed by atoms with Crippen LogP contribution >= 0.6 is 11.3 Å². The molecule has 154 valence electrons. The normalized spacial score (nSPS) is 12.0. The van der Waals surface area contributed by atoms with Crippen LogP contribution in [0.3, 0.4) is 0 Å². The number of halogens is 1. The van der Waals surface area contributed by atoms with Crippen LogP contribution in [-0.4, -0.2) is 33.5 Å². The van der Waals surface area contributed by atoms with E-state index >= 15 is 0 Å². The predicted octanol–water partition coefficient (Wildman–Crippen LogP) is 4.11. The molecule has 0 radical (unpaired) electrons. The van der Waals surface area contributed by atoms with Crippen molar-refractivity contribution >= 4 is 27.5 Å². The van der Waals surface area contributed by atoms with Crippen molar-refractivity contribution in [1.29, 1.82) is 0 Å². The number of carbonyl (C=O) groups excluding carboxylic acids is 1. The first-order valence-corrected chi connectivity index (χ1v) is 10.5. The molecule has 30 heavy (non-hydrogen) atoms. The number of amides is 1. The molecule has 6 nitrogen and oxygen atoms in total. The highest BCUT2D eigenvalue weighted by molar-refractivity contribution is 7.16. The van der Waals surface area contributed by atoms with E-state index in [9.17, 15) is 9.18 Å². The Hall–Kier alpha value is -3.10. The molecule has 1 amide bonds. The van der Waals surface area contributed by atoms with Crippen LogP contribution in [0.15, 0.2) is 59.7 Å². The summed E-state index contributed by atoms with van der Waals surface area (Å²) in [6.45, 7) is 5.36. The fourth-order valence-electron chi connectivity index (χ4n) is 3.24. The van der Waals surface area contributed by atoms with Gasteiger partial charge in [0.1, 0.15) is 5.82 Å². The van der Waals surface area contributed by atoms with Crippen molar-refractivity contribution in [2.45, 2.75) is 20.4 Å². The van der Waals surface area contributed by atoms with E-state index in [1.807, 2.05) is 48.7 Å². The van der Waals surface area contributed by atoms with Gasteiger partial charge in [0.25, 0.3) is 5.91 Å². The molecule has 0 aliphatic heterocycles. The first-order chi connectivity index (χ1) is 14.6. The summed E-state index contributed by atoms with van der Waals surface area (Å²) < 4.78 is 23.5. The Labute approximate surface area is 176 Å². The van der Waals surface area contributed by atoms with E-state index < -0.39 is 0 Å². The molecular formula is C22H21FN4O2S. The molecule has 0 spiro atoms. The number of carbonyl (C=O) groups is 1. The van der Waals surface area contributed by atoms with Crippen molar-refractivity contribution < 1.29 is 13.9 Å². The van der Waals surface area contributed by atoms with Gasteiger partial charge in [-0.2, -0.15) is 10.1 Å². The molecular weight excluding hydrogens is 403 g/mol. The summed E-state index contributed by atoms with van der Waals surface area (Å²) in [5, 5.41) is 4.35. The lowest BCUT2D eigenvalue weighted by atomic mass is 10.2. The molecule has 0 saturated carbocycles. The van der Waals surface area contributed by atoms with Gasteiger partial charge in [0.15, 0.2) is 4.80 Å². The minimum atomic E-state index is -0.383. The topological polar surface area (TPSA) is 61.4 Å². The minimum Gasteiger partial charge on any atom is -0.380 e. The summed E-state index contributed by atoms with van der Waals surface area (Å²) in [6.07, 6.45) is 1.53. The molecule has 0 aliphatic rings. The van der Waals surface area contributed by atoms with Gasteiger partial charge < -0.3 is 9.30 Å². The fourth-order valence-corrected chi connectivity index (χ4v) is 4.32. The van der Waals surface area contributed by atoms with Crippen LogP contribution in [0.25, 0.3) is 15.9 Å². The first kappa shape index (κ1) is 20.2. The molecule has 4 aromatic rings. The number of fused-ring (bicyclic) bond motifs is 1. The van der Waals surface area contributed by atoms with Gasteiger partial charge in [-0.15, -0.1) is 0 Å². The van der Waals surface area contributed by atoms with Gasteiger partial charge in [-0.3, -0.25) is 4.79 Å². The van der Waals surface area contributed by atoms with Crippen molar-refractivity contribution in [2.75, 3.05) is 13.2 Å². The van der Waals surface area contributed by atoms with Crippen LogP contribution in [0, 0.1) is 12.7 Å². The number of nitrogens with zero attached hydrogens (tertiary/aromatic N) is 4. The van der Waals surface area contributed by atoms with E-state index in [2.05, 4.69) is 10.1 Å². The maximum Gasteiger partial charge on any atom is 0.283 e. The molecule has 0 bridgehead atoms. The van der Waals surface area contributed by atoms with Gasteiger partial charge in [-0.05, 0) is 44.2 Å². The molecule has 0 saturated heterocycles. The Balaban J connectivity index is 1.75. The Morgan fingerprint density at radius 1 is 1.23 bits per heavy atom. The van der Waals surface area contributed by atoms with Crippen molar-refractivity contribution in [3.63, 3.8) is 0 Å². The molecule has 0 N–H and O–H groups in total. The van der Waals surface area contributed by atoms with Crippen LogP contribution in [0.2, 0.25) is 0 Å². The SMILES string of the molecule is CCOCCn1c(=NC(=O)c2cnn(-c3ccccc3)c2C)sc2cc(F)ccc21. The molecule has 8 heteroatoms. The number of hydrogen-bond acceptors (Lipinski definition) is 4. The number of para-hydroxylation sites is 1. The van der Waals surface area contributed by atoms with E-state index in [0.717, 1.165) is 15.9 Å². The highest BCUT2D eigenvalue weighted by atomic mass is 32.1. The average molecular weight is 425 g/mol. The molecule has 0 fully saturated rings. The Bertz CT molecular complexity index is 1260. The summed E-state index contributed by atoms with van der Waals surface area (Å²) in [4.78, 5) is 17.8. The number of aromatic nitrogens is 3. The Morgan fingerprint density at radius 3 is 2.80 bits per heavy atom. The molecule has 2 heterocycles. The highest BCUT2D eigenvalue weighted by Gasteiger charge is 2.16. The maximum atomic E-state index is 13.7. The third-order valence-electron chi connectivity index (χ3n) is 4.75. The van der Waals surface area contributed by atoms with Gasteiger partial charge in [0.2, 0.25) is 0 Å². The second-order valence-corrected chi connectivity index (χ2v) is 7.66. The van der Waals surface area contributed by atoms with Gasteiger partial charge in [-0.25, -0.2) is 9.07 Å². The Morgan fingerprint density at radius 2 is 2.03 bits per heavy atom. The largest absolute Gasteiger partial charge is 0.380 e. The monoisotopic (exact) mass is 424 g/mol. The van der Waals surface area contributed by atoms with E-state index in [1.54, 1.807) is 10.7 Å². The van der Waals surface area contributed by atoms with E-state index in [4.69, 9.17) is 4.74 Å². The number of benzene rings is 2. The molecule has 0 atom stereocenters. The van der Waals surface area contributed by atoms with Crippen molar-refractivity contribution in [1.82, 2.24) is 14.3 Å². The second kappa shape index (κ2) is 8.73. The predicted molar refractivity (Wildman–Crippen MR) is 114 cm³/mol. The van der Waals surface area contributed by atoms with Crippen molar-refractivity contribution in [3.05, 3.63) is 76.6 Å². The number of hydrogen-bond donors (Lipinski definition) is 0. The number of rotatable bonds is 6. The number of thiazole rings is 1. The Kier molecular flexibility index (Phi) is 5.87. The fraction of sp³-hybridized carbons (Fsp3) is 0.227. The summed E-state index contributed by atoms with van der Waals surface area (Å²) in [7, 11) is 0. The van der Waals surface area contributed by atoms with Crippen LogP contribution in [-0.2, 0) is 11.3 Å². The first-order valence-electron chi connectivity index (χ1n) is 9.64. The van der Waals surface area contributed by atoms with E-state index in [1.165, 1.54) is 29.7 Å². The lowest BCUT2D eigenvalue weighted by Gasteiger charge is -2.05. The van der Waals surface area contributed by atoms with Gasteiger partial charge in [0.05, 0.1) is 40.0 Å². The average Bonchev–Trinajstić information content (AvgIpc) is 3.29. The smallest absolute Gasteiger partial charge is 0.283 e. The maximum absolute atomic E-state index is 13.7. The zero-order valence-electron chi connectivity index (χ0n) is 16.7. The van der Waals surface area contributed by atoms with Crippen LogP contribution in [0.4, 0.5) is 4.39 Å². The van der Waals surface area contributed by atoms with Gasteiger partial charge in [0, 0.05) is 13.2 Å². The standard InChI is InChI=1S/C22H21FN4O2S/c1-3-29-12-11-26-19-10-9-16(23)13-20(19)30-22(26)25-21(28)18-14-24-27(15(18)2)17-7-5-4-6-8-17/h4-10,13-14H,3,11-12H2,1-2H3. The lowest BCUT2D eigenvalue weighted by Crippen LogP contribution is -2.20. The highest BCUT2D eigenvalue weighted by Crippen LogP contribution is 2.19. The quantitative estimate of drug-likeness (QED) is 0.438. The zero-order valence-corrected chi connectivity index (χ0v) is 17.5. The number of ether oxygens (including phenoxy) is 1. The second-order valence-electron chi connectivity index (χ2n) is 6.65. The summed E-state index contributed by atoms with van der Waals surface area (Å²) in [5.41, 5.74) is 2.84. The van der Waals surface area contributed by atoms with Crippen molar-refractivity contribution in [2.24, 2.45) is 4.99 Å². The van der Waals surface area contributed by atoms with Crippen molar-refractivity contribution in [3.8, 4) is 5.69 Å². The van der Waals surface area contributed by atoms with Gasteiger partial charge in [-0.1, -0.05) is 29.5 Å². The summed E-state index contributed by atoms with van der Waals surface area (Å²) in [5.74, 6) is -0.703. The lowest BCUT2D eigenvalue weighted by molar-refractivity contribution is 0.0996. The van der Waals surface area contributed by atoms with E-state index in [0.29, 0.717) is 35.8 Å².